The van der Waals surface area contributed by atoms with Crippen LogP contribution in [-0.2, 0) is 14.3 Å². The van der Waals surface area contributed by atoms with Crippen molar-refractivity contribution in [2.45, 2.75) is 30.8 Å². The molecule has 10 heteroatoms. The molecule has 2 aliphatic rings. The van der Waals surface area contributed by atoms with Crippen LogP contribution in [0.15, 0.2) is 24.3 Å². The molecule has 0 bridgehead atoms. The lowest BCUT2D eigenvalue weighted by Gasteiger charge is -2.26. The molecule has 0 unspecified atom stereocenters. The monoisotopic (exact) mass is 425 g/mol. The van der Waals surface area contributed by atoms with E-state index in [-0.39, 0.29) is 24.4 Å². The molecule has 2 heterocycles. The number of rotatable bonds is 8. The summed E-state index contributed by atoms with van der Waals surface area (Å²) in [5.74, 6) is -1.34. The van der Waals surface area contributed by atoms with Crippen LogP contribution in [-0.4, -0.2) is 97.3 Å². The summed E-state index contributed by atoms with van der Waals surface area (Å²) in [5, 5.41) is 25.7. The second kappa shape index (κ2) is 10.8. The lowest BCUT2D eigenvalue weighted by molar-refractivity contribution is -0.125. The average Bonchev–Trinajstić information content (AvgIpc) is 3.00. The zero-order valence-corrected chi connectivity index (χ0v) is 16.6. The first kappa shape index (κ1) is 22.6. The molecule has 0 aromatic heterocycles. The van der Waals surface area contributed by atoms with Gasteiger partial charge >= 0.3 is 0 Å². The number of halogens is 1. The molecule has 0 spiro atoms. The van der Waals surface area contributed by atoms with Crippen LogP contribution in [0.25, 0.3) is 0 Å². The zero-order chi connectivity index (χ0) is 21.5. The van der Waals surface area contributed by atoms with Crippen molar-refractivity contribution in [3.63, 3.8) is 0 Å². The highest BCUT2D eigenvalue weighted by Gasteiger charge is 2.43. The highest BCUT2D eigenvalue weighted by molar-refractivity contribution is 5.94. The molecule has 4 atom stereocenters. The molecule has 2 aliphatic heterocycles. The van der Waals surface area contributed by atoms with Gasteiger partial charge in [-0.3, -0.25) is 14.5 Å². The minimum absolute atomic E-state index is 0.0806. The second-order valence-corrected chi connectivity index (χ2v) is 7.42. The summed E-state index contributed by atoms with van der Waals surface area (Å²) >= 11 is 0. The van der Waals surface area contributed by atoms with Crippen LogP contribution in [0, 0.1) is 5.82 Å². The number of hydrogen-bond acceptors (Lipinski definition) is 7. The van der Waals surface area contributed by atoms with Crippen LogP contribution in [0.3, 0.4) is 0 Å². The number of aliphatic hydroxyl groups is 2. The van der Waals surface area contributed by atoms with E-state index in [1.807, 2.05) is 0 Å². The van der Waals surface area contributed by atoms with Crippen molar-refractivity contribution < 1.29 is 33.7 Å². The lowest BCUT2D eigenvalue weighted by Crippen LogP contribution is -2.42. The fourth-order valence-electron chi connectivity index (χ4n) is 3.52. The van der Waals surface area contributed by atoms with Crippen LogP contribution in [0.2, 0.25) is 0 Å². The van der Waals surface area contributed by atoms with Gasteiger partial charge in [-0.15, -0.1) is 0 Å². The maximum absolute atomic E-state index is 13.2. The van der Waals surface area contributed by atoms with E-state index < -0.39 is 36.1 Å². The summed E-state index contributed by atoms with van der Waals surface area (Å²) in [6.45, 7) is 4.13. The van der Waals surface area contributed by atoms with Gasteiger partial charge in [0.25, 0.3) is 5.91 Å². The van der Waals surface area contributed by atoms with Crippen molar-refractivity contribution in [1.82, 2.24) is 15.5 Å². The van der Waals surface area contributed by atoms with E-state index in [4.69, 9.17) is 9.47 Å². The third-order valence-corrected chi connectivity index (χ3v) is 5.25. The summed E-state index contributed by atoms with van der Waals surface area (Å²) in [7, 11) is 0. The molecule has 2 saturated heterocycles. The predicted octanol–water partition coefficient (Wildman–Crippen LogP) is -1.12. The number of ether oxygens (including phenoxy) is 2. The summed E-state index contributed by atoms with van der Waals surface area (Å²) < 4.78 is 24.1. The molecule has 9 nitrogen and oxygen atoms in total. The van der Waals surface area contributed by atoms with Gasteiger partial charge in [0.15, 0.2) is 0 Å². The van der Waals surface area contributed by atoms with Gasteiger partial charge < -0.3 is 30.3 Å². The molecule has 0 saturated carbocycles. The molecular weight excluding hydrogens is 397 g/mol. The molecule has 2 fully saturated rings. The van der Waals surface area contributed by atoms with Crippen LogP contribution in [0.5, 0.6) is 0 Å². The van der Waals surface area contributed by atoms with Crippen molar-refractivity contribution in [2.75, 3.05) is 45.9 Å². The topological polar surface area (TPSA) is 120 Å². The van der Waals surface area contributed by atoms with Crippen molar-refractivity contribution in [2.24, 2.45) is 0 Å². The summed E-state index contributed by atoms with van der Waals surface area (Å²) in [6, 6.07) is 5.21. The SMILES string of the molecule is O=C(C[C@@H]1O[C@H](CNC(=O)c2cccc(F)c2)[C@@H](O)[C@H]1O)NCCN1CCOCC1. The third kappa shape index (κ3) is 6.19. The Labute approximate surface area is 174 Å². The smallest absolute Gasteiger partial charge is 0.251 e. The van der Waals surface area contributed by atoms with Crippen molar-refractivity contribution >= 4 is 11.8 Å². The Kier molecular flexibility index (Phi) is 8.11. The largest absolute Gasteiger partial charge is 0.388 e. The van der Waals surface area contributed by atoms with Crippen molar-refractivity contribution in [3.8, 4) is 0 Å². The van der Waals surface area contributed by atoms with Gasteiger partial charge in [0.05, 0.1) is 25.7 Å². The number of nitrogens with one attached hydrogen (secondary N) is 2. The molecule has 166 valence electrons. The van der Waals surface area contributed by atoms with E-state index in [1.54, 1.807) is 0 Å². The molecule has 0 aliphatic carbocycles. The van der Waals surface area contributed by atoms with E-state index >= 15 is 0 Å². The van der Waals surface area contributed by atoms with E-state index in [2.05, 4.69) is 15.5 Å². The Morgan fingerprint density at radius 1 is 1.13 bits per heavy atom. The molecule has 2 amide bonds. The summed E-state index contributed by atoms with van der Waals surface area (Å²) in [6.07, 6.45) is -4.34. The number of carbonyl (C=O) groups excluding carboxylic acids is 2. The molecule has 3 rings (SSSR count). The van der Waals surface area contributed by atoms with Gasteiger partial charge in [-0.2, -0.15) is 0 Å². The number of hydrogen-bond donors (Lipinski definition) is 4. The number of nitrogens with zero attached hydrogens (tertiary/aromatic N) is 1. The maximum Gasteiger partial charge on any atom is 0.251 e. The Morgan fingerprint density at radius 2 is 1.87 bits per heavy atom. The normalized spacial score (nSPS) is 27.0. The fraction of sp³-hybridized carbons (Fsp3) is 0.600. The van der Waals surface area contributed by atoms with E-state index in [9.17, 15) is 24.2 Å². The number of carbonyl (C=O) groups is 2. The van der Waals surface area contributed by atoms with Crippen LogP contribution in [0.4, 0.5) is 4.39 Å². The van der Waals surface area contributed by atoms with Crippen LogP contribution in [0.1, 0.15) is 16.8 Å². The Morgan fingerprint density at radius 3 is 2.60 bits per heavy atom. The highest BCUT2D eigenvalue weighted by Crippen LogP contribution is 2.23. The van der Waals surface area contributed by atoms with Gasteiger partial charge in [-0.05, 0) is 18.2 Å². The maximum atomic E-state index is 13.2. The first-order valence-electron chi connectivity index (χ1n) is 10.1. The minimum Gasteiger partial charge on any atom is -0.388 e. The average molecular weight is 425 g/mol. The second-order valence-electron chi connectivity index (χ2n) is 7.42. The first-order valence-corrected chi connectivity index (χ1v) is 10.1. The molecule has 4 N–H and O–H groups in total. The number of amides is 2. The Balaban J connectivity index is 1.40. The molecule has 1 aromatic carbocycles. The van der Waals surface area contributed by atoms with Gasteiger partial charge in [-0.1, -0.05) is 6.07 Å². The Bertz CT molecular complexity index is 730. The first-order chi connectivity index (χ1) is 14.4. The predicted molar refractivity (Wildman–Crippen MR) is 104 cm³/mol. The van der Waals surface area contributed by atoms with Gasteiger partial charge in [-0.25, -0.2) is 4.39 Å². The van der Waals surface area contributed by atoms with Gasteiger partial charge in [0, 0.05) is 38.3 Å². The number of benzene rings is 1. The molecular formula is C20H28FN3O6. The number of morpholine rings is 1. The summed E-state index contributed by atoms with van der Waals surface area (Å²) in [5.41, 5.74) is 0.138. The van der Waals surface area contributed by atoms with E-state index in [1.165, 1.54) is 18.2 Å². The van der Waals surface area contributed by atoms with Crippen LogP contribution < -0.4 is 10.6 Å². The number of aliphatic hydroxyl groups excluding tert-OH is 2. The molecule has 1 aromatic rings. The summed E-state index contributed by atoms with van der Waals surface area (Å²) in [4.78, 5) is 26.4. The van der Waals surface area contributed by atoms with Crippen molar-refractivity contribution in [1.29, 1.82) is 0 Å². The van der Waals surface area contributed by atoms with Crippen LogP contribution >= 0.6 is 0 Å². The Hall–Kier alpha value is -2.11. The zero-order valence-electron chi connectivity index (χ0n) is 16.6. The van der Waals surface area contributed by atoms with Gasteiger partial charge in [0.1, 0.15) is 24.1 Å². The standard InChI is InChI=1S/C20H28FN3O6/c21-14-3-1-2-13(10-14)20(28)23-12-16-19(27)18(26)15(30-16)11-17(25)22-4-5-24-6-8-29-9-7-24/h1-3,10,15-16,18-19,26-27H,4-9,11-12H2,(H,22,25)(H,23,28)/t15-,16+,18-,19+/m0/s1. The molecule has 0 radical (unpaired) electrons. The highest BCUT2D eigenvalue weighted by atomic mass is 19.1. The lowest BCUT2D eigenvalue weighted by atomic mass is 10.1. The fourth-order valence-corrected chi connectivity index (χ4v) is 3.52. The third-order valence-electron chi connectivity index (χ3n) is 5.25. The molecule has 30 heavy (non-hydrogen) atoms. The van der Waals surface area contributed by atoms with E-state index in [0.29, 0.717) is 26.3 Å². The quantitative estimate of drug-likeness (QED) is 0.417. The van der Waals surface area contributed by atoms with Gasteiger partial charge in [0.2, 0.25) is 5.91 Å². The minimum atomic E-state index is -1.25. The van der Waals surface area contributed by atoms with E-state index in [0.717, 1.165) is 19.2 Å². The van der Waals surface area contributed by atoms with Crippen molar-refractivity contribution in [3.05, 3.63) is 35.6 Å².